The molecule has 1 N–H and O–H groups in total. The number of aromatic nitrogens is 3. The van der Waals surface area contributed by atoms with Gasteiger partial charge in [-0.1, -0.05) is 6.07 Å². The SMILES string of the molecule is CN=C(NCc1cccnc1OC)N1CCN(c2ncccn2)CC1.I. The Bertz CT molecular complexity index is 705. The highest BCUT2D eigenvalue weighted by atomic mass is 127. The Hall–Kier alpha value is -2.17. The summed E-state index contributed by atoms with van der Waals surface area (Å²) >= 11 is 0. The average Bonchev–Trinajstić information content (AvgIpc) is 2.70. The molecule has 0 spiro atoms. The third-order valence-electron chi connectivity index (χ3n) is 4.11. The summed E-state index contributed by atoms with van der Waals surface area (Å²) in [5.74, 6) is 2.29. The Labute approximate surface area is 170 Å². The predicted octanol–water partition coefficient (Wildman–Crippen LogP) is 1.40. The number of anilines is 1. The molecule has 9 heteroatoms. The van der Waals surface area contributed by atoms with Gasteiger partial charge in [0.2, 0.25) is 11.8 Å². The van der Waals surface area contributed by atoms with Crippen molar-refractivity contribution in [2.24, 2.45) is 4.99 Å². The number of rotatable bonds is 4. The van der Waals surface area contributed by atoms with Crippen LogP contribution in [0.2, 0.25) is 0 Å². The van der Waals surface area contributed by atoms with Crippen molar-refractivity contribution in [2.45, 2.75) is 6.54 Å². The van der Waals surface area contributed by atoms with Crippen LogP contribution in [-0.2, 0) is 6.54 Å². The first kappa shape index (κ1) is 20.1. The van der Waals surface area contributed by atoms with Crippen molar-refractivity contribution in [2.75, 3.05) is 45.2 Å². The summed E-state index contributed by atoms with van der Waals surface area (Å²) < 4.78 is 5.29. The van der Waals surface area contributed by atoms with E-state index in [-0.39, 0.29) is 24.0 Å². The molecule has 3 heterocycles. The number of nitrogens with one attached hydrogen (secondary N) is 1. The van der Waals surface area contributed by atoms with E-state index in [1.807, 2.05) is 18.2 Å². The molecule has 0 aromatic carbocycles. The van der Waals surface area contributed by atoms with E-state index in [1.54, 1.807) is 32.7 Å². The van der Waals surface area contributed by atoms with Crippen LogP contribution in [0.3, 0.4) is 0 Å². The molecule has 0 amide bonds. The Morgan fingerprint density at radius 3 is 2.46 bits per heavy atom. The fraction of sp³-hybridized carbons (Fsp3) is 0.412. The van der Waals surface area contributed by atoms with E-state index >= 15 is 0 Å². The van der Waals surface area contributed by atoms with Gasteiger partial charge in [0.1, 0.15) is 0 Å². The third kappa shape index (κ3) is 4.93. The number of pyridine rings is 1. The van der Waals surface area contributed by atoms with Gasteiger partial charge in [0.25, 0.3) is 0 Å². The Balaban J connectivity index is 0.00000243. The van der Waals surface area contributed by atoms with Crippen molar-refractivity contribution in [1.82, 2.24) is 25.2 Å². The topological polar surface area (TPSA) is 78.8 Å². The van der Waals surface area contributed by atoms with E-state index < -0.39 is 0 Å². The molecule has 2 aromatic heterocycles. The van der Waals surface area contributed by atoms with Gasteiger partial charge in [0.05, 0.1) is 7.11 Å². The molecule has 0 bridgehead atoms. The quantitative estimate of drug-likeness (QED) is 0.412. The second kappa shape index (κ2) is 10.1. The van der Waals surface area contributed by atoms with Gasteiger partial charge < -0.3 is 19.9 Å². The summed E-state index contributed by atoms with van der Waals surface area (Å²) in [6.07, 6.45) is 5.27. The van der Waals surface area contributed by atoms with Crippen molar-refractivity contribution >= 4 is 35.9 Å². The van der Waals surface area contributed by atoms with E-state index in [0.717, 1.165) is 43.7 Å². The number of guanidine groups is 1. The first-order chi connectivity index (χ1) is 12.3. The van der Waals surface area contributed by atoms with Crippen molar-refractivity contribution < 1.29 is 4.74 Å². The zero-order valence-corrected chi connectivity index (χ0v) is 17.3. The van der Waals surface area contributed by atoms with Crippen LogP contribution in [0.1, 0.15) is 5.56 Å². The molecule has 0 atom stereocenters. The molecular formula is C17H24IN7O. The van der Waals surface area contributed by atoms with Crippen LogP contribution in [-0.4, -0.2) is 66.1 Å². The normalized spacial score (nSPS) is 14.6. The molecule has 2 aromatic rings. The molecule has 140 valence electrons. The maximum Gasteiger partial charge on any atom is 0.225 e. The number of piperazine rings is 1. The number of halogens is 1. The first-order valence-electron chi connectivity index (χ1n) is 8.27. The van der Waals surface area contributed by atoms with Crippen LogP contribution in [0, 0.1) is 0 Å². The number of ether oxygens (including phenoxy) is 1. The molecular weight excluding hydrogens is 445 g/mol. The molecule has 0 aliphatic carbocycles. The van der Waals surface area contributed by atoms with E-state index in [9.17, 15) is 0 Å². The van der Waals surface area contributed by atoms with Gasteiger partial charge >= 0.3 is 0 Å². The second-order valence-electron chi connectivity index (χ2n) is 5.60. The number of hydrogen-bond acceptors (Lipinski definition) is 6. The minimum Gasteiger partial charge on any atom is -0.481 e. The van der Waals surface area contributed by atoms with Crippen LogP contribution in [0.15, 0.2) is 41.8 Å². The van der Waals surface area contributed by atoms with Gasteiger partial charge in [-0.2, -0.15) is 0 Å². The van der Waals surface area contributed by atoms with Crippen LogP contribution in [0.5, 0.6) is 5.88 Å². The highest BCUT2D eigenvalue weighted by Gasteiger charge is 2.21. The smallest absolute Gasteiger partial charge is 0.225 e. The van der Waals surface area contributed by atoms with E-state index in [0.29, 0.717) is 12.4 Å². The van der Waals surface area contributed by atoms with Gasteiger partial charge in [0, 0.05) is 63.9 Å². The summed E-state index contributed by atoms with van der Waals surface area (Å²) in [4.78, 5) is 21.7. The van der Waals surface area contributed by atoms with Crippen molar-refractivity contribution in [3.8, 4) is 5.88 Å². The monoisotopic (exact) mass is 469 g/mol. The third-order valence-corrected chi connectivity index (χ3v) is 4.11. The first-order valence-corrected chi connectivity index (χ1v) is 8.27. The summed E-state index contributed by atoms with van der Waals surface area (Å²) in [6, 6.07) is 5.73. The maximum absolute atomic E-state index is 5.29. The molecule has 1 aliphatic rings. The lowest BCUT2D eigenvalue weighted by Crippen LogP contribution is -2.52. The van der Waals surface area contributed by atoms with Gasteiger partial charge in [-0.25, -0.2) is 15.0 Å². The molecule has 8 nitrogen and oxygen atoms in total. The molecule has 0 radical (unpaired) electrons. The Morgan fingerprint density at radius 1 is 1.12 bits per heavy atom. The molecule has 1 saturated heterocycles. The standard InChI is InChI=1S/C17H23N7O.HI/c1-18-16(22-13-14-5-3-6-19-15(14)25-2)23-9-11-24(12-10-23)17-20-7-4-8-21-17;/h3-8H,9-13H2,1-2H3,(H,18,22);1H. The zero-order chi connectivity index (χ0) is 17.5. The predicted molar refractivity (Wildman–Crippen MR) is 112 cm³/mol. The summed E-state index contributed by atoms with van der Waals surface area (Å²) in [6.45, 7) is 4.07. The highest BCUT2D eigenvalue weighted by Crippen LogP contribution is 2.14. The van der Waals surface area contributed by atoms with Gasteiger partial charge in [-0.3, -0.25) is 4.99 Å². The van der Waals surface area contributed by atoms with Gasteiger partial charge in [0.15, 0.2) is 5.96 Å². The van der Waals surface area contributed by atoms with Gasteiger partial charge in [-0.15, -0.1) is 24.0 Å². The number of methoxy groups -OCH3 is 1. The summed E-state index contributed by atoms with van der Waals surface area (Å²) in [5.41, 5.74) is 1.00. The molecule has 0 unspecified atom stereocenters. The lowest BCUT2D eigenvalue weighted by atomic mass is 10.2. The van der Waals surface area contributed by atoms with Gasteiger partial charge in [-0.05, 0) is 12.1 Å². The fourth-order valence-corrected chi connectivity index (χ4v) is 2.82. The number of aliphatic imine (C=N–C) groups is 1. The zero-order valence-electron chi connectivity index (χ0n) is 15.0. The van der Waals surface area contributed by atoms with Crippen LogP contribution in [0.25, 0.3) is 0 Å². The van der Waals surface area contributed by atoms with E-state index in [4.69, 9.17) is 4.74 Å². The molecule has 1 aliphatic heterocycles. The van der Waals surface area contributed by atoms with E-state index in [2.05, 4.69) is 35.1 Å². The molecule has 0 saturated carbocycles. The number of hydrogen-bond donors (Lipinski definition) is 1. The second-order valence-corrected chi connectivity index (χ2v) is 5.60. The minimum absolute atomic E-state index is 0. The van der Waals surface area contributed by atoms with Crippen LogP contribution >= 0.6 is 24.0 Å². The molecule has 26 heavy (non-hydrogen) atoms. The van der Waals surface area contributed by atoms with Crippen molar-refractivity contribution in [3.05, 3.63) is 42.4 Å². The van der Waals surface area contributed by atoms with E-state index in [1.165, 1.54) is 0 Å². The van der Waals surface area contributed by atoms with Crippen molar-refractivity contribution in [3.63, 3.8) is 0 Å². The summed E-state index contributed by atoms with van der Waals surface area (Å²) in [7, 11) is 3.43. The highest BCUT2D eigenvalue weighted by molar-refractivity contribution is 14.0. The fourth-order valence-electron chi connectivity index (χ4n) is 2.82. The average molecular weight is 469 g/mol. The Kier molecular flexibility index (Phi) is 7.82. The maximum atomic E-state index is 5.29. The summed E-state index contributed by atoms with van der Waals surface area (Å²) in [5, 5.41) is 3.39. The lowest BCUT2D eigenvalue weighted by Gasteiger charge is -2.36. The van der Waals surface area contributed by atoms with Crippen LogP contribution in [0.4, 0.5) is 5.95 Å². The van der Waals surface area contributed by atoms with Crippen LogP contribution < -0.4 is 15.0 Å². The lowest BCUT2D eigenvalue weighted by molar-refractivity contribution is 0.368. The largest absolute Gasteiger partial charge is 0.481 e. The number of nitrogens with zero attached hydrogens (tertiary/aromatic N) is 6. The van der Waals surface area contributed by atoms with Crippen molar-refractivity contribution in [1.29, 1.82) is 0 Å². The molecule has 3 rings (SSSR count). The Morgan fingerprint density at radius 2 is 1.81 bits per heavy atom. The molecule has 1 fully saturated rings. The minimum atomic E-state index is 0.